The number of hydrogen-bond acceptors (Lipinski definition) is 5. The van der Waals surface area contributed by atoms with Crippen molar-refractivity contribution in [3.63, 3.8) is 0 Å². The number of halogens is 2. The standard InChI is InChI=1S/C17H12ClFN6/c18-11-5-12-13(8-23-15(12)22-7-11)16-24-9-14(19)17(25-16)21-6-10-1-3-20-4-2-10/h1-5,7-9H,6H2,(H,22,23)(H,21,24,25). The van der Waals surface area contributed by atoms with Gasteiger partial charge in [0.25, 0.3) is 0 Å². The molecule has 0 aliphatic carbocycles. The Morgan fingerprint density at radius 1 is 1.16 bits per heavy atom. The predicted molar refractivity (Wildman–Crippen MR) is 93.7 cm³/mol. The second kappa shape index (κ2) is 6.45. The van der Waals surface area contributed by atoms with Crippen LogP contribution in [0.5, 0.6) is 0 Å². The third-order valence-electron chi connectivity index (χ3n) is 3.69. The number of pyridine rings is 2. The van der Waals surface area contributed by atoms with Crippen molar-refractivity contribution >= 4 is 28.5 Å². The first-order chi connectivity index (χ1) is 12.2. The summed E-state index contributed by atoms with van der Waals surface area (Å²) in [5.41, 5.74) is 2.34. The minimum atomic E-state index is -0.520. The molecule has 0 aliphatic rings. The number of nitrogens with zero attached hydrogens (tertiary/aromatic N) is 4. The van der Waals surface area contributed by atoms with Gasteiger partial charge < -0.3 is 10.3 Å². The van der Waals surface area contributed by atoms with Crippen molar-refractivity contribution in [3.8, 4) is 11.4 Å². The summed E-state index contributed by atoms with van der Waals surface area (Å²) in [6.45, 7) is 0.428. The summed E-state index contributed by atoms with van der Waals surface area (Å²) in [6, 6.07) is 5.47. The summed E-state index contributed by atoms with van der Waals surface area (Å²) >= 11 is 6.01. The summed E-state index contributed by atoms with van der Waals surface area (Å²) in [6.07, 6.45) is 7.79. The number of H-pyrrole nitrogens is 1. The molecule has 2 N–H and O–H groups in total. The lowest BCUT2D eigenvalue weighted by Crippen LogP contribution is -2.05. The quantitative estimate of drug-likeness (QED) is 0.582. The SMILES string of the molecule is Fc1cnc(-c2c[nH]c3ncc(Cl)cc23)nc1NCc1ccncc1. The minimum Gasteiger partial charge on any atom is -0.363 e. The van der Waals surface area contributed by atoms with E-state index in [1.54, 1.807) is 30.9 Å². The fraction of sp³-hybridized carbons (Fsp3) is 0.0588. The second-order valence-electron chi connectivity index (χ2n) is 5.35. The molecular formula is C17H12ClFN6. The Hall–Kier alpha value is -3.06. The van der Waals surface area contributed by atoms with Crippen LogP contribution < -0.4 is 5.32 Å². The molecule has 0 unspecified atom stereocenters. The first-order valence-corrected chi connectivity index (χ1v) is 7.87. The molecule has 0 bridgehead atoms. The van der Waals surface area contributed by atoms with Gasteiger partial charge in [-0.2, -0.15) is 0 Å². The molecule has 0 aliphatic heterocycles. The monoisotopic (exact) mass is 354 g/mol. The van der Waals surface area contributed by atoms with Crippen molar-refractivity contribution in [1.29, 1.82) is 0 Å². The van der Waals surface area contributed by atoms with Gasteiger partial charge in [0.2, 0.25) is 0 Å². The normalized spacial score (nSPS) is 11.0. The van der Waals surface area contributed by atoms with Crippen LogP contribution in [0.1, 0.15) is 5.56 Å². The van der Waals surface area contributed by atoms with Gasteiger partial charge >= 0.3 is 0 Å². The van der Waals surface area contributed by atoms with E-state index in [1.807, 2.05) is 12.1 Å². The summed E-state index contributed by atoms with van der Waals surface area (Å²) in [5, 5.41) is 4.27. The molecule has 4 rings (SSSR count). The Morgan fingerprint density at radius 3 is 2.84 bits per heavy atom. The van der Waals surface area contributed by atoms with E-state index in [2.05, 4.69) is 30.2 Å². The topological polar surface area (TPSA) is 79.4 Å². The molecular weight excluding hydrogens is 343 g/mol. The Morgan fingerprint density at radius 2 is 2.00 bits per heavy atom. The zero-order chi connectivity index (χ0) is 17.2. The van der Waals surface area contributed by atoms with E-state index in [0.29, 0.717) is 28.6 Å². The Bertz CT molecular complexity index is 1030. The number of aromatic nitrogens is 5. The first kappa shape index (κ1) is 15.5. The van der Waals surface area contributed by atoms with Crippen LogP contribution in [0.4, 0.5) is 10.2 Å². The van der Waals surface area contributed by atoms with Gasteiger partial charge in [-0.1, -0.05) is 11.6 Å². The molecule has 4 aromatic heterocycles. The third-order valence-corrected chi connectivity index (χ3v) is 3.90. The van der Waals surface area contributed by atoms with Crippen molar-refractivity contribution in [3.05, 3.63) is 65.6 Å². The lowest BCUT2D eigenvalue weighted by molar-refractivity contribution is 0.617. The van der Waals surface area contributed by atoms with Gasteiger partial charge in [-0.25, -0.2) is 19.3 Å². The van der Waals surface area contributed by atoms with E-state index in [4.69, 9.17) is 11.6 Å². The Balaban J connectivity index is 1.68. The Labute approximate surface area is 147 Å². The van der Waals surface area contributed by atoms with Crippen LogP contribution in [0.2, 0.25) is 5.02 Å². The number of aromatic amines is 1. The molecule has 25 heavy (non-hydrogen) atoms. The maximum absolute atomic E-state index is 14.1. The highest BCUT2D eigenvalue weighted by atomic mass is 35.5. The molecule has 4 heterocycles. The highest BCUT2D eigenvalue weighted by Gasteiger charge is 2.13. The molecule has 8 heteroatoms. The number of hydrogen-bond donors (Lipinski definition) is 2. The van der Waals surface area contributed by atoms with Crippen LogP contribution in [-0.4, -0.2) is 24.9 Å². The molecule has 0 amide bonds. The predicted octanol–water partition coefficient (Wildman–Crippen LogP) is 3.82. The molecule has 0 aromatic carbocycles. The van der Waals surface area contributed by atoms with Crippen molar-refractivity contribution in [2.24, 2.45) is 0 Å². The molecule has 4 aromatic rings. The highest BCUT2D eigenvalue weighted by molar-refractivity contribution is 6.31. The van der Waals surface area contributed by atoms with Crippen LogP contribution in [0.3, 0.4) is 0 Å². The highest BCUT2D eigenvalue weighted by Crippen LogP contribution is 2.28. The maximum Gasteiger partial charge on any atom is 0.183 e. The van der Waals surface area contributed by atoms with Crippen molar-refractivity contribution < 1.29 is 4.39 Å². The molecule has 0 saturated carbocycles. The van der Waals surface area contributed by atoms with Crippen LogP contribution in [-0.2, 0) is 6.54 Å². The van der Waals surface area contributed by atoms with E-state index >= 15 is 0 Å². The van der Waals surface area contributed by atoms with Crippen molar-refractivity contribution in [2.45, 2.75) is 6.54 Å². The van der Waals surface area contributed by atoms with Gasteiger partial charge in [-0.05, 0) is 23.8 Å². The average Bonchev–Trinajstić information content (AvgIpc) is 3.05. The number of anilines is 1. The summed E-state index contributed by atoms with van der Waals surface area (Å²) in [7, 11) is 0. The smallest absolute Gasteiger partial charge is 0.183 e. The van der Waals surface area contributed by atoms with Gasteiger partial charge in [0, 0.05) is 42.3 Å². The van der Waals surface area contributed by atoms with Crippen LogP contribution in [0, 0.1) is 5.82 Å². The van der Waals surface area contributed by atoms with E-state index < -0.39 is 5.82 Å². The molecule has 6 nitrogen and oxygen atoms in total. The van der Waals surface area contributed by atoms with E-state index in [1.165, 1.54) is 0 Å². The summed E-state index contributed by atoms with van der Waals surface area (Å²) < 4.78 is 14.1. The lowest BCUT2D eigenvalue weighted by Gasteiger charge is -2.08. The average molecular weight is 355 g/mol. The number of nitrogens with one attached hydrogen (secondary N) is 2. The van der Waals surface area contributed by atoms with Crippen LogP contribution >= 0.6 is 11.6 Å². The lowest BCUT2D eigenvalue weighted by atomic mass is 10.2. The molecule has 0 fully saturated rings. The van der Waals surface area contributed by atoms with Gasteiger partial charge in [0.1, 0.15) is 5.65 Å². The Kier molecular flexibility index (Phi) is 3.99. The zero-order valence-electron chi connectivity index (χ0n) is 12.9. The second-order valence-corrected chi connectivity index (χ2v) is 5.79. The third kappa shape index (κ3) is 3.14. The summed E-state index contributed by atoms with van der Waals surface area (Å²) in [5.74, 6) is -0.00565. The summed E-state index contributed by atoms with van der Waals surface area (Å²) in [4.78, 5) is 19.6. The molecule has 0 spiro atoms. The maximum atomic E-state index is 14.1. The fourth-order valence-electron chi connectivity index (χ4n) is 2.47. The van der Waals surface area contributed by atoms with Crippen LogP contribution in [0.25, 0.3) is 22.4 Å². The van der Waals surface area contributed by atoms with E-state index in [0.717, 1.165) is 17.1 Å². The molecule has 0 radical (unpaired) electrons. The zero-order valence-corrected chi connectivity index (χ0v) is 13.6. The van der Waals surface area contributed by atoms with Gasteiger partial charge in [-0.3, -0.25) is 4.98 Å². The van der Waals surface area contributed by atoms with E-state index in [9.17, 15) is 4.39 Å². The first-order valence-electron chi connectivity index (χ1n) is 7.49. The van der Waals surface area contributed by atoms with Gasteiger partial charge in [0.05, 0.1) is 11.2 Å². The van der Waals surface area contributed by atoms with E-state index in [-0.39, 0.29) is 5.82 Å². The van der Waals surface area contributed by atoms with Gasteiger partial charge in [-0.15, -0.1) is 0 Å². The molecule has 0 atom stereocenters. The molecule has 0 saturated heterocycles. The largest absolute Gasteiger partial charge is 0.363 e. The van der Waals surface area contributed by atoms with Crippen molar-refractivity contribution in [1.82, 2.24) is 24.9 Å². The number of rotatable bonds is 4. The van der Waals surface area contributed by atoms with Crippen LogP contribution in [0.15, 0.2) is 49.2 Å². The molecule has 124 valence electrons. The number of fused-ring (bicyclic) bond motifs is 1. The van der Waals surface area contributed by atoms with Crippen molar-refractivity contribution in [2.75, 3.05) is 5.32 Å². The van der Waals surface area contributed by atoms with Gasteiger partial charge in [0.15, 0.2) is 17.5 Å². The minimum absolute atomic E-state index is 0.131. The fourth-order valence-corrected chi connectivity index (χ4v) is 2.63.